The van der Waals surface area contributed by atoms with Crippen LogP contribution >= 0.6 is 0 Å². The minimum atomic E-state index is 2.00. The first kappa shape index (κ1) is 12.8. The fourth-order valence-electron chi connectivity index (χ4n) is 0.485. The fourth-order valence-corrected chi connectivity index (χ4v) is 0.485. The number of aryl methyl sites for hydroxylation is 1. The summed E-state index contributed by atoms with van der Waals surface area (Å²) >= 11 is 0. The van der Waals surface area contributed by atoms with E-state index in [1.807, 2.05) is 69.9 Å². The Labute approximate surface area is 70.7 Å². The van der Waals surface area contributed by atoms with Crippen LogP contribution in [0.25, 0.3) is 0 Å². The van der Waals surface area contributed by atoms with E-state index in [2.05, 4.69) is 0 Å². The summed E-state index contributed by atoms with van der Waals surface area (Å²) in [5, 5.41) is 0. The molecule has 0 radical (unpaired) electrons. The van der Waals surface area contributed by atoms with Crippen LogP contribution < -0.4 is 4.57 Å². The van der Waals surface area contributed by atoms with Crippen molar-refractivity contribution in [1.82, 2.24) is 0 Å². The number of aromatic nitrogens is 1. The minimum absolute atomic E-state index is 2.00. The number of rotatable bonds is 0. The van der Waals surface area contributed by atoms with Gasteiger partial charge in [-0.1, -0.05) is 33.8 Å². The Morgan fingerprint density at radius 2 is 1.09 bits per heavy atom. The number of hydrogen-bond donors (Lipinski definition) is 0. The molecule has 0 aromatic carbocycles. The molecule has 1 aromatic rings. The third-order valence-corrected chi connectivity index (χ3v) is 0.865. The molecule has 1 heteroatoms. The van der Waals surface area contributed by atoms with Gasteiger partial charge in [0.1, 0.15) is 7.05 Å². The van der Waals surface area contributed by atoms with Crippen LogP contribution in [0, 0.1) is 0 Å². The first-order chi connectivity index (χ1) is 5.39. The Morgan fingerprint density at radius 3 is 1.27 bits per heavy atom. The predicted octanol–water partition coefficient (Wildman–Crippen LogP) is 2.56. The van der Waals surface area contributed by atoms with Crippen LogP contribution in [0.15, 0.2) is 30.6 Å². The van der Waals surface area contributed by atoms with Gasteiger partial charge in [-0.2, -0.15) is 0 Å². The maximum absolute atomic E-state index is 2.00. The molecule has 1 heterocycles. The highest BCUT2D eigenvalue weighted by Crippen LogP contribution is 1.71. The molecule has 0 aliphatic carbocycles. The van der Waals surface area contributed by atoms with Gasteiger partial charge >= 0.3 is 0 Å². The fraction of sp³-hybridized carbons (Fsp3) is 0.500. The van der Waals surface area contributed by atoms with E-state index in [1.54, 1.807) is 0 Å². The second-order valence-corrected chi connectivity index (χ2v) is 1.54. The molecule has 0 N–H and O–H groups in total. The molecule has 64 valence electrons. The minimum Gasteiger partial charge on any atom is -0.208 e. The molecule has 1 aromatic heterocycles. The van der Waals surface area contributed by atoms with Gasteiger partial charge in [-0.25, -0.2) is 4.57 Å². The first-order valence-electron chi connectivity index (χ1n) is 4.30. The molecule has 0 fully saturated rings. The lowest BCUT2D eigenvalue weighted by atomic mass is 10.5. The molecular formula is C10H20N+. The van der Waals surface area contributed by atoms with Crippen molar-refractivity contribution in [2.45, 2.75) is 27.7 Å². The zero-order valence-corrected chi connectivity index (χ0v) is 8.33. The summed E-state index contributed by atoms with van der Waals surface area (Å²) in [6.07, 6.45) is 4.00. The van der Waals surface area contributed by atoms with E-state index in [1.165, 1.54) is 0 Å². The van der Waals surface area contributed by atoms with E-state index < -0.39 is 0 Å². The average molecular weight is 154 g/mol. The summed E-state index contributed by atoms with van der Waals surface area (Å²) in [4.78, 5) is 0. The van der Waals surface area contributed by atoms with Crippen molar-refractivity contribution in [3.05, 3.63) is 30.6 Å². The van der Waals surface area contributed by atoms with Gasteiger partial charge in [0, 0.05) is 12.1 Å². The topological polar surface area (TPSA) is 3.88 Å². The van der Waals surface area contributed by atoms with Crippen LogP contribution in [0.2, 0.25) is 0 Å². The molecule has 0 amide bonds. The lowest BCUT2D eigenvalue weighted by Crippen LogP contribution is -2.25. The molecule has 0 aliphatic rings. The van der Waals surface area contributed by atoms with Gasteiger partial charge < -0.3 is 0 Å². The van der Waals surface area contributed by atoms with Crippen molar-refractivity contribution in [1.29, 1.82) is 0 Å². The third kappa shape index (κ3) is 9.15. The number of pyridine rings is 1. The van der Waals surface area contributed by atoms with E-state index >= 15 is 0 Å². The molecular weight excluding hydrogens is 134 g/mol. The monoisotopic (exact) mass is 154 g/mol. The summed E-state index contributed by atoms with van der Waals surface area (Å²) in [6.45, 7) is 8.00. The van der Waals surface area contributed by atoms with Crippen LogP contribution in [0.3, 0.4) is 0 Å². The Balaban J connectivity index is 0. The zero-order chi connectivity index (χ0) is 9.11. The molecule has 0 bridgehead atoms. The maximum Gasteiger partial charge on any atom is 0.168 e. The summed E-state index contributed by atoms with van der Waals surface area (Å²) < 4.78 is 2.00. The summed E-state index contributed by atoms with van der Waals surface area (Å²) in [7, 11) is 2.00. The molecule has 0 saturated carbocycles. The summed E-state index contributed by atoms with van der Waals surface area (Å²) in [5.74, 6) is 0. The molecule has 0 atom stereocenters. The number of nitrogens with zero attached hydrogens (tertiary/aromatic N) is 1. The Morgan fingerprint density at radius 1 is 0.727 bits per heavy atom. The largest absolute Gasteiger partial charge is 0.208 e. The van der Waals surface area contributed by atoms with Crippen LogP contribution in [0.4, 0.5) is 0 Å². The van der Waals surface area contributed by atoms with Gasteiger partial charge in [0.15, 0.2) is 12.4 Å². The zero-order valence-electron chi connectivity index (χ0n) is 8.33. The average Bonchev–Trinajstić information content (AvgIpc) is 2.13. The summed E-state index contributed by atoms with van der Waals surface area (Å²) in [6, 6.07) is 6.00. The molecule has 11 heavy (non-hydrogen) atoms. The van der Waals surface area contributed by atoms with Gasteiger partial charge in [0.2, 0.25) is 0 Å². The molecule has 1 rings (SSSR count). The van der Waals surface area contributed by atoms with Crippen molar-refractivity contribution in [3.63, 3.8) is 0 Å². The van der Waals surface area contributed by atoms with E-state index in [-0.39, 0.29) is 0 Å². The normalized spacial score (nSPS) is 6.64. The highest BCUT2D eigenvalue weighted by molar-refractivity contribution is 4.83. The van der Waals surface area contributed by atoms with E-state index in [9.17, 15) is 0 Å². The first-order valence-corrected chi connectivity index (χ1v) is 4.30. The Bertz CT molecular complexity index is 135. The van der Waals surface area contributed by atoms with Crippen LogP contribution in [-0.2, 0) is 7.05 Å². The van der Waals surface area contributed by atoms with Crippen molar-refractivity contribution in [2.75, 3.05) is 0 Å². The highest BCUT2D eigenvalue weighted by atomic mass is 14.9. The van der Waals surface area contributed by atoms with Crippen molar-refractivity contribution in [3.8, 4) is 0 Å². The molecule has 0 unspecified atom stereocenters. The van der Waals surface area contributed by atoms with Gasteiger partial charge in [0.25, 0.3) is 0 Å². The molecule has 1 nitrogen and oxygen atoms in total. The van der Waals surface area contributed by atoms with E-state index in [0.29, 0.717) is 0 Å². The van der Waals surface area contributed by atoms with E-state index in [4.69, 9.17) is 0 Å². The molecule has 0 aliphatic heterocycles. The second-order valence-electron chi connectivity index (χ2n) is 1.54. The smallest absolute Gasteiger partial charge is 0.168 e. The van der Waals surface area contributed by atoms with Crippen molar-refractivity contribution >= 4 is 0 Å². The quantitative estimate of drug-likeness (QED) is 0.506. The third-order valence-electron chi connectivity index (χ3n) is 0.865. The van der Waals surface area contributed by atoms with Crippen molar-refractivity contribution in [2.24, 2.45) is 7.05 Å². The standard InChI is InChI=1S/C6H8N.2C2H6/c1-7-5-3-2-4-6-7;2*1-2/h2-6H,1H3;2*1-2H3/q+1;;. The van der Waals surface area contributed by atoms with Crippen LogP contribution in [-0.4, -0.2) is 0 Å². The maximum atomic E-state index is 2.00. The second kappa shape index (κ2) is 11.9. The van der Waals surface area contributed by atoms with Crippen LogP contribution in [0.1, 0.15) is 27.7 Å². The van der Waals surface area contributed by atoms with E-state index in [0.717, 1.165) is 0 Å². The number of hydrogen-bond acceptors (Lipinski definition) is 0. The molecule has 0 spiro atoms. The Hall–Kier alpha value is -0.850. The van der Waals surface area contributed by atoms with Gasteiger partial charge in [-0.05, 0) is 0 Å². The lowest BCUT2D eigenvalue weighted by molar-refractivity contribution is -0.671. The van der Waals surface area contributed by atoms with Crippen molar-refractivity contribution < 1.29 is 4.57 Å². The van der Waals surface area contributed by atoms with Gasteiger partial charge in [-0.3, -0.25) is 0 Å². The van der Waals surface area contributed by atoms with Gasteiger partial charge in [0.05, 0.1) is 0 Å². The Kier molecular flexibility index (Phi) is 13.8. The van der Waals surface area contributed by atoms with Gasteiger partial charge in [-0.15, -0.1) is 0 Å². The van der Waals surface area contributed by atoms with Crippen LogP contribution in [0.5, 0.6) is 0 Å². The SMILES string of the molecule is CC.CC.C[n+]1ccccc1. The predicted molar refractivity (Wildman–Crippen MR) is 50.3 cm³/mol. The lowest BCUT2D eigenvalue weighted by Gasteiger charge is -1.77. The highest BCUT2D eigenvalue weighted by Gasteiger charge is 1.78. The molecule has 0 saturated heterocycles. The summed E-state index contributed by atoms with van der Waals surface area (Å²) in [5.41, 5.74) is 0.